The van der Waals surface area contributed by atoms with E-state index in [1.807, 2.05) is 19.1 Å². The van der Waals surface area contributed by atoms with Crippen molar-refractivity contribution in [3.05, 3.63) is 30.1 Å². The fourth-order valence-corrected chi connectivity index (χ4v) is 1.26. The van der Waals surface area contributed by atoms with Crippen molar-refractivity contribution in [2.45, 2.75) is 13.3 Å². The predicted molar refractivity (Wildman–Crippen MR) is 45.4 cm³/mol. The van der Waals surface area contributed by atoms with Crippen LogP contribution in [0.3, 0.4) is 0 Å². The first kappa shape index (κ1) is 7.16. The van der Waals surface area contributed by atoms with E-state index in [2.05, 4.69) is 4.98 Å². The lowest BCUT2D eigenvalue weighted by molar-refractivity contribution is 0.186. The van der Waals surface area contributed by atoms with Gasteiger partial charge in [-0.05, 0) is 24.6 Å². The van der Waals surface area contributed by atoms with Crippen LogP contribution in [-0.2, 0) is 6.42 Å². The maximum atomic E-state index is 9.33. The van der Waals surface area contributed by atoms with Crippen LogP contribution in [0.1, 0.15) is 12.6 Å². The zero-order chi connectivity index (χ0) is 8.55. The van der Waals surface area contributed by atoms with Gasteiger partial charge in [-0.3, -0.25) is 0 Å². The summed E-state index contributed by atoms with van der Waals surface area (Å²) in [4.78, 5) is 4.24. The molecule has 0 atom stereocenters. The van der Waals surface area contributed by atoms with E-state index >= 15 is 0 Å². The van der Waals surface area contributed by atoms with Crippen LogP contribution in [0, 0.1) is 0 Å². The predicted octanol–water partition coefficient (Wildman–Crippen LogP) is 1.79. The minimum absolute atomic E-state index is 0.634. The molecular formula is C9H10N2O. The van der Waals surface area contributed by atoms with Crippen molar-refractivity contribution in [1.82, 2.24) is 9.71 Å². The summed E-state index contributed by atoms with van der Waals surface area (Å²) < 4.78 is 1.05. The minimum Gasteiger partial charge on any atom is -0.427 e. The van der Waals surface area contributed by atoms with Crippen molar-refractivity contribution in [2.75, 3.05) is 0 Å². The standard InChI is InChI=1S/C9H10N2O/c1-2-8-6-7-4-3-5-11(12)9(7)10-8/h3-6,12H,2H2,1H3. The second-order valence-corrected chi connectivity index (χ2v) is 2.73. The van der Waals surface area contributed by atoms with Crippen LogP contribution in [-0.4, -0.2) is 14.9 Å². The summed E-state index contributed by atoms with van der Waals surface area (Å²) in [6.45, 7) is 2.04. The highest BCUT2D eigenvalue weighted by Gasteiger charge is 2.09. The van der Waals surface area contributed by atoms with Crippen LogP contribution in [0.4, 0.5) is 0 Å². The second kappa shape index (κ2) is 2.52. The molecule has 0 amide bonds. The first-order valence-corrected chi connectivity index (χ1v) is 3.97. The lowest BCUT2D eigenvalue weighted by Crippen LogP contribution is -1.96. The van der Waals surface area contributed by atoms with E-state index in [0.29, 0.717) is 5.82 Å². The van der Waals surface area contributed by atoms with Crippen molar-refractivity contribution in [1.29, 1.82) is 0 Å². The Kier molecular flexibility index (Phi) is 1.50. The van der Waals surface area contributed by atoms with Gasteiger partial charge < -0.3 is 5.21 Å². The molecule has 0 bridgehead atoms. The molecular weight excluding hydrogens is 152 g/mol. The molecule has 0 unspecified atom stereocenters. The van der Waals surface area contributed by atoms with Gasteiger partial charge in [0, 0.05) is 17.5 Å². The molecule has 0 aliphatic carbocycles. The molecule has 2 aliphatic rings. The van der Waals surface area contributed by atoms with E-state index in [1.54, 1.807) is 12.3 Å². The van der Waals surface area contributed by atoms with Gasteiger partial charge in [-0.25, -0.2) is 4.98 Å². The third-order valence-electron chi connectivity index (χ3n) is 1.91. The molecule has 0 aromatic heterocycles. The van der Waals surface area contributed by atoms with Gasteiger partial charge in [0.25, 0.3) is 0 Å². The van der Waals surface area contributed by atoms with Crippen LogP contribution in [0.25, 0.3) is 11.4 Å². The maximum Gasteiger partial charge on any atom is 0.175 e. The molecule has 0 aromatic rings. The first-order chi connectivity index (χ1) is 5.81. The quantitative estimate of drug-likeness (QED) is 0.649. The Hall–Kier alpha value is -1.51. The van der Waals surface area contributed by atoms with Gasteiger partial charge in [-0.2, -0.15) is 4.73 Å². The Labute approximate surface area is 70.6 Å². The lowest BCUT2D eigenvalue weighted by atomic mass is 10.2. The first-order valence-electron chi connectivity index (χ1n) is 3.97. The summed E-state index contributed by atoms with van der Waals surface area (Å²) in [5.41, 5.74) is 2.00. The van der Waals surface area contributed by atoms with Gasteiger partial charge in [0.15, 0.2) is 5.82 Å². The summed E-state index contributed by atoms with van der Waals surface area (Å²) >= 11 is 0. The number of fused-ring (bicyclic) bond motifs is 1. The Morgan fingerprint density at radius 2 is 2.42 bits per heavy atom. The van der Waals surface area contributed by atoms with Crippen molar-refractivity contribution >= 4 is 0 Å². The summed E-state index contributed by atoms with van der Waals surface area (Å²) in [6, 6.07) is 5.72. The lowest BCUT2D eigenvalue weighted by Gasteiger charge is -2.00. The largest absolute Gasteiger partial charge is 0.427 e. The monoisotopic (exact) mass is 162 g/mol. The zero-order valence-electron chi connectivity index (χ0n) is 6.86. The Morgan fingerprint density at radius 1 is 1.58 bits per heavy atom. The Bertz CT molecular complexity index is 367. The average Bonchev–Trinajstić information content (AvgIpc) is 2.49. The van der Waals surface area contributed by atoms with Crippen molar-refractivity contribution in [2.24, 2.45) is 0 Å². The summed E-state index contributed by atoms with van der Waals surface area (Å²) in [6.07, 6.45) is 2.48. The minimum atomic E-state index is 0.634. The van der Waals surface area contributed by atoms with Crippen molar-refractivity contribution in [3.8, 4) is 11.4 Å². The normalized spacial score (nSPS) is 10.8. The molecule has 3 nitrogen and oxygen atoms in total. The Balaban J connectivity index is 2.66. The number of nitrogens with zero attached hydrogens (tertiary/aromatic N) is 2. The van der Waals surface area contributed by atoms with Gasteiger partial charge in [0.05, 0.1) is 0 Å². The molecule has 2 rings (SSSR count). The Morgan fingerprint density at radius 3 is 3.08 bits per heavy atom. The van der Waals surface area contributed by atoms with Crippen molar-refractivity contribution in [3.63, 3.8) is 0 Å². The van der Waals surface area contributed by atoms with Gasteiger partial charge >= 0.3 is 0 Å². The zero-order valence-corrected chi connectivity index (χ0v) is 6.86. The third kappa shape index (κ3) is 0.942. The van der Waals surface area contributed by atoms with Crippen LogP contribution in [0.15, 0.2) is 24.4 Å². The molecule has 1 N–H and O–H groups in total. The molecule has 0 spiro atoms. The number of aromatic nitrogens is 2. The molecule has 0 saturated carbocycles. The van der Waals surface area contributed by atoms with Crippen LogP contribution in [0.2, 0.25) is 0 Å². The maximum absolute atomic E-state index is 9.33. The molecule has 2 aliphatic heterocycles. The van der Waals surface area contributed by atoms with Crippen LogP contribution < -0.4 is 0 Å². The van der Waals surface area contributed by atoms with Gasteiger partial charge in [-0.1, -0.05) is 6.92 Å². The van der Waals surface area contributed by atoms with Gasteiger partial charge in [-0.15, -0.1) is 0 Å². The smallest absolute Gasteiger partial charge is 0.175 e. The van der Waals surface area contributed by atoms with Crippen LogP contribution >= 0.6 is 0 Å². The van der Waals surface area contributed by atoms with Crippen LogP contribution in [0.5, 0.6) is 0 Å². The van der Waals surface area contributed by atoms with E-state index in [9.17, 15) is 5.21 Å². The molecule has 12 heavy (non-hydrogen) atoms. The molecule has 2 heterocycles. The fraction of sp³-hybridized carbons (Fsp3) is 0.222. The number of aryl methyl sites for hydroxylation is 1. The SMILES string of the molecule is CCc1cc2cccn(O)c-2n1. The van der Waals surface area contributed by atoms with Crippen molar-refractivity contribution < 1.29 is 5.21 Å². The van der Waals surface area contributed by atoms with E-state index in [1.165, 1.54) is 0 Å². The average molecular weight is 162 g/mol. The van der Waals surface area contributed by atoms with E-state index in [4.69, 9.17) is 0 Å². The molecule has 62 valence electrons. The molecule has 0 aromatic carbocycles. The third-order valence-corrected chi connectivity index (χ3v) is 1.91. The topological polar surface area (TPSA) is 38.0 Å². The van der Waals surface area contributed by atoms with E-state index in [-0.39, 0.29) is 0 Å². The second-order valence-electron chi connectivity index (χ2n) is 2.73. The fourth-order valence-electron chi connectivity index (χ4n) is 1.26. The highest BCUT2D eigenvalue weighted by molar-refractivity contribution is 5.58. The summed E-state index contributed by atoms with van der Waals surface area (Å²) in [5, 5.41) is 9.33. The summed E-state index contributed by atoms with van der Waals surface area (Å²) in [5.74, 6) is 0.634. The number of rotatable bonds is 1. The van der Waals surface area contributed by atoms with E-state index < -0.39 is 0 Å². The molecule has 3 heteroatoms. The highest BCUT2D eigenvalue weighted by Crippen LogP contribution is 2.20. The molecule has 0 radical (unpaired) electrons. The molecule has 0 saturated heterocycles. The van der Waals surface area contributed by atoms with E-state index in [0.717, 1.165) is 22.4 Å². The van der Waals surface area contributed by atoms with Gasteiger partial charge in [0.2, 0.25) is 0 Å². The molecule has 0 fully saturated rings. The number of hydrogen-bond acceptors (Lipinski definition) is 2. The number of pyridine rings is 1. The highest BCUT2D eigenvalue weighted by atomic mass is 16.5. The number of hydrogen-bond donors (Lipinski definition) is 1. The van der Waals surface area contributed by atoms with Gasteiger partial charge in [0.1, 0.15) is 0 Å². The summed E-state index contributed by atoms with van der Waals surface area (Å²) in [7, 11) is 0.